The van der Waals surface area contributed by atoms with Crippen molar-refractivity contribution in [3.8, 4) is 5.75 Å². The molecule has 1 amide bonds. The molecule has 150 valence electrons. The van der Waals surface area contributed by atoms with E-state index in [0.29, 0.717) is 18.7 Å². The van der Waals surface area contributed by atoms with E-state index in [9.17, 15) is 13.6 Å². The van der Waals surface area contributed by atoms with E-state index in [1.807, 2.05) is 6.07 Å². The first-order chi connectivity index (χ1) is 14.1. The van der Waals surface area contributed by atoms with E-state index in [4.69, 9.17) is 0 Å². The zero-order chi connectivity index (χ0) is 20.2. The van der Waals surface area contributed by atoms with Crippen LogP contribution in [-0.2, 0) is 6.54 Å². The Kier molecular flexibility index (Phi) is 5.71. The standard InChI is InChI=1S/C23H22F2N2O2/c24-23(25)29-20-9-4-7-18(15-20)22(28)27-13-11-26(12-14-27)16-19-8-3-6-17-5-1-2-10-21(17)19/h1-10,15,23H,11-14,16H2/p+1. The van der Waals surface area contributed by atoms with Crippen LogP contribution in [0.5, 0.6) is 5.75 Å². The first-order valence-electron chi connectivity index (χ1n) is 9.74. The van der Waals surface area contributed by atoms with E-state index >= 15 is 0 Å². The summed E-state index contributed by atoms with van der Waals surface area (Å²) in [6, 6.07) is 20.8. The van der Waals surface area contributed by atoms with E-state index in [1.165, 1.54) is 33.4 Å². The number of piperazine rings is 1. The van der Waals surface area contributed by atoms with Gasteiger partial charge in [0, 0.05) is 11.1 Å². The van der Waals surface area contributed by atoms with Gasteiger partial charge in [0.25, 0.3) is 5.91 Å². The summed E-state index contributed by atoms with van der Waals surface area (Å²) in [5.41, 5.74) is 1.69. The summed E-state index contributed by atoms with van der Waals surface area (Å²) in [5, 5.41) is 2.51. The molecule has 1 N–H and O–H groups in total. The molecule has 3 aromatic carbocycles. The molecule has 4 nitrogen and oxygen atoms in total. The molecule has 0 atom stereocenters. The van der Waals surface area contributed by atoms with E-state index < -0.39 is 6.61 Å². The summed E-state index contributed by atoms with van der Waals surface area (Å²) in [6.45, 7) is 0.991. The topological polar surface area (TPSA) is 34.0 Å². The second-order valence-corrected chi connectivity index (χ2v) is 7.26. The van der Waals surface area contributed by atoms with Gasteiger partial charge in [-0.1, -0.05) is 48.5 Å². The van der Waals surface area contributed by atoms with Crippen molar-refractivity contribution in [1.82, 2.24) is 4.90 Å². The third kappa shape index (κ3) is 4.54. The number of nitrogens with zero attached hydrogens (tertiary/aromatic N) is 1. The third-order valence-corrected chi connectivity index (χ3v) is 5.38. The summed E-state index contributed by atoms with van der Waals surface area (Å²) >= 11 is 0. The quantitative estimate of drug-likeness (QED) is 0.718. The predicted octanol–water partition coefficient (Wildman–Crippen LogP) is 2.98. The highest BCUT2D eigenvalue weighted by molar-refractivity contribution is 5.94. The van der Waals surface area contributed by atoms with Crippen molar-refractivity contribution in [3.63, 3.8) is 0 Å². The Bertz CT molecular complexity index is 996. The van der Waals surface area contributed by atoms with Crippen LogP contribution in [0.2, 0.25) is 0 Å². The van der Waals surface area contributed by atoms with Crippen molar-refractivity contribution in [2.45, 2.75) is 13.2 Å². The van der Waals surface area contributed by atoms with Crippen LogP contribution in [0.4, 0.5) is 8.78 Å². The number of ether oxygens (including phenoxy) is 1. The fourth-order valence-corrected chi connectivity index (χ4v) is 3.91. The van der Waals surface area contributed by atoms with Crippen LogP contribution in [0, 0.1) is 0 Å². The summed E-state index contributed by atoms with van der Waals surface area (Å²) < 4.78 is 29.2. The number of hydrogen-bond acceptors (Lipinski definition) is 2. The molecule has 4 rings (SSSR count). The van der Waals surface area contributed by atoms with Gasteiger partial charge in [-0.25, -0.2) is 0 Å². The van der Waals surface area contributed by atoms with E-state index in [-0.39, 0.29) is 11.7 Å². The number of nitrogens with one attached hydrogen (secondary N) is 1. The summed E-state index contributed by atoms with van der Waals surface area (Å²) in [7, 11) is 0. The van der Waals surface area contributed by atoms with Crippen LogP contribution in [0.25, 0.3) is 10.8 Å². The lowest BCUT2D eigenvalue weighted by Crippen LogP contribution is -3.13. The first kappa shape index (κ1) is 19.3. The number of quaternary nitrogens is 1. The molecule has 0 unspecified atom stereocenters. The van der Waals surface area contributed by atoms with Gasteiger partial charge in [0.2, 0.25) is 0 Å². The smallest absolute Gasteiger partial charge is 0.387 e. The molecule has 0 saturated carbocycles. The maximum atomic E-state index is 12.8. The molecule has 1 saturated heterocycles. The van der Waals surface area contributed by atoms with Gasteiger partial charge in [0.15, 0.2) is 0 Å². The molecular weight excluding hydrogens is 374 g/mol. The Morgan fingerprint density at radius 3 is 2.52 bits per heavy atom. The van der Waals surface area contributed by atoms with Crippen molar-refractivity contribution in [3.05, 3.63) is 77.9 Å². The summed E-state index contributed by atoms with van der Waals surface area (Å²) in [5.74, 6) is -0.139. The molecule has 29 heavy (non-hydrogen) atoms. The van der Waals surface area contributed by atoms with Crippen LogP contribution >= 0.6 is 0 Å². The zero-order valence-corrected chi connectivity index (χ0v) is 16.0. The number of fused-ring (bicyclic) bond motifs is 1. The van der Waals surface area contributed by atoms with Gasteiger partial charge >= 0.3 is 6.61 Å². The molecule has 0 radical (unpaired) electrons. The van der Waals surface area contributed by atoms with Crippen LogP contribution in [0.3, 0.4) is 0 Å². The first-order valence-corrected chi connectivity index (χ1v) is 9.74. The highest BCUT2D eigenvalue weighted by atomic mass is 19.3. The van der Waals surface area contributed by atoms with Gasteiger partial charge in [0.1, 0.15) is 12.3 Å². The number of carbonyl (C=O) groups excluding carboxylic acids is 1. The Balaban J connectivity index is 1.38. The van der Waals surface area contributed by atoms with Gasteiger partial charge in [0.05, 0.1) is 26.2 Å². The molecule has 1 aliphatic heterocycles. The van der Waals surface area contributed by atoms with Crippen LogP contribution in [-0.4, -0.2) is 43.6 Å². The number of hydrogen-bond donors (Lipinski definition) is 1. The fourth-order valence-electron chi connectivity index (χ4n) is 3.91. The number of amides is 1. The molecule has 0 aliphatic carbocycles. The van der Waals surface area contributed by atoms with Crippen molar-refractivity contribution in [1.29, 1.82) is 0 Å². The van der Waals surface area contributed by atoms with E-state index in [1.54, 1.807) is 17.0 Å². The van der Waals surface area contributed by atoms with Crippen molar-refractivity contribution in [2.24, 2.45) is 0 Å². The molecular formula is C23H23F2N2O2+. The van der Waals surface area contributed by atoms with Crippen molar-refractivity contribution < 1.29 is 23.2 Å². The predicted molar refractivity (Wildman–Crippen MR) is 107 cm³/mol. The molecule has 1 aliphatic rings. The number of rotatable bonds is 5. The Morgan fingerprint density at radius 2 is 1.72 bits per heavy atom. The Labute approximate surface area is 168 Å². The van der Waals surface area contributed by atoms with E-state index in [2.05, 4.69) is 41.1 Å². The molecule has 6 heteroatoms. The van der Waals surface area contributed by atoms with Crippen molar-refractivity contribution in [2.75, 3.05) is 26.2 Å². The molecule has 0 bridgehead atoms. The third-order valence-electron chi connectivity index (χ3n) is 5.38. The number of benzene rings is 3. The maximum absolute atomic E-state index is 12.8. The number of alkyl halides is 2. The van der Waals surface area contributed by atoms with Crippen LogP contribution in [0.1, 0.15) is 15.9 Å². The number of halogens is 2. The minimum absolute atomic E-state index is 0.00562. The Hall–Kier alpha value is -2.99. The monoisotopic (exact) mass is 397 g/mol. The second-order valence-electron chi connectivity index (χ2n) is 7.26. The van der Waals surface area contributed by atoms with E-state index in [0.717, 1.165) is 19.6 Å². The number of carbonyl (C=O) groups is 1. The lowest BCUT2D eigenvalue weighted by atomic mass is 10.0. The highest BCUT2D eigenvalue weighted by Gasteiger charge is 2.25. The average Bonchev–Trinajstić information content (AvgIpc) is 2.74. The summed E-state index contributed by atoms with van der Waals surface area (Å²) in [4.78, 5) is 16.0. The van der Waals surface area contributed by atoms with Crippen LogP contribution < -0.4 is 9.64 Å². The highest BCUT2D eigenvalue weighted by Crippen LogP contribution is 2.19. The second kappa shape index (κ2) is 8.57. The lowest BCUT2D eigenvalue weighted by molar-refractivity contribution is -0.917. The molecule has 0 spiro atoms. The fraction of sp³-hybridized carbons (Fsp3) is 0.261. The molecule has 1 heterocycles. The lowest BCUT2D eigenvalue weighted by Gasteiger charge is -2.32. The Morgan fingerprint density at radius 1 is 1.00 bits per heavy atom. The van der Waals surface area contributed by atoms with Gasteiger partial charge in [-0.3, -0.25) is 4.79 Å². The maximum Gasteiger partial charge on any atom is 0.387 e. The van der Waals surface area contributed by atoms with Crippen molar-refractivity contribution >= 4 is 16.7 Å². The minimum atomic E-state index is -2.90. The van der Waals surface area contributed by atoms with Gasteiger partial charge in [-0.15, -0.1) is 0 Å². The van der Waals surface area contributed by atoms with Gasteiger partial charge < -0.3 is 14.5 Å². The summed E-state index contributed by atoms with van der Waals surface area (Å²) in [6.07, 6.45) is 0. The normalized spacial score (nSPS) is 15.1. The molecule has 1 fully saturated rings. The average molecular weight is 397 g/mol. The molecule has 0 aromatic heterocycles. The minimum Gasteiger partial charge on any atom is -0.435 e. The largest absolute Gasteiger partial charge is 0.435 e. The SMILES string of the molecule is O=C(c1cccc(OC(F)F)c1)N1CC[NH+](Cc2cccc3ccccc23)CC1. The molecule has 3 aromatic rings. The van der Waals surface area contributed by atoms with Gasteiger partial charge in [-0.05, 0) is 29.0 Å². The van der Waals surface area contributed by atoms with Gasteiger partial charge in [-0.2, -0.15) is 8.78 Å². The zero-order valence-electron chi connectivity index (χ0n) is 16.0. The van der Waals surface area contributed by atoms with Crippen LogP contribution in [0.15, 0.2) is 66.7 Å².